The minimum Gasteiger partial charge on any atom is -0.373 e. The highest BCUT2D eigenvalue weighted by molar-refractivity contribution is 8.13. The number of thioether (sulfide) groups is 1. The molecule has 1 N–H and O–H groups in total. The Morgan fingerprint density at radius 2 is 1.37 bits per heavy atom. The Bertz CT molecular complexity index is 963. The van der Waals surface area contributed by atoms with Crippen LogP contribution in [0.5, 0.6) is 0 Å². The van der Waals surface area contributed by atoms with Crippen LogP contribution in [0.1, 0.15) is 17.2 Å². The molecule has 27 heavy (non-hydrogen) atoms. The number of benzene rings is 3. The molecule has 5 heteroatoms. The molecule has 2 atom stereocenters. The number of imide groups is 1. The number of nitrogens with zero attached hydrogens (tertiary/aromatic N) is 1. The first kappa shape index (κ1) is 17.5. The zero-order valence-corrected chi connectivity index (χ0v) is 15.2. The summed E-state index contributed by atoms with van der Waals surface area (Å²) in [7, 11) is 0. The van der Waals surface area contributed by atoms with Gasteiger partial charge in [0.05, 0.1) is 0 Å². The van der Waals surface area contributed by atoms with Crippen molar-refractivity contribution in [3.8, 4) is 0 Å². The van der Waals surface area contributed by atoms with Crippen LogP contribution in [0.2, 0.25) is 0 Å². The maximum Gasteiger partial charge on any atom is 0.293 e. The predicted octanol–water partition coefficient (Wildman–Crippen LogP) is 4.37. The molecule has 0 radical (unpaired) electrons. The van der Waals surface area contributed by atoms with E-state index in [9.17, 15) is 14.7 Å². The summed E-state index contributed by atoms with van der Waals surface area (Å²) in [5.74, 6) is -0.601. The number of likely N-dealkylation sites (tertiary alicyclic amines) is 1. The second-order valence-electron chi connectivity index (χ2n) is 6.30. The van der Waals surface area contributed by atoms with Gasteiger partial charge >= 0.3 is 0 Å². The first-order valence-corrected chi connectivity index (χ1v) is 9.37. The second kappa shape index (κ2) is 7.02. The molecule has 134 valence electrons. The molecular weight excluding hydrogens is 358 g/mol. The molecule has 3 aromatic carbocycles. The van der Waals surface area contributed by atoms with E-state index in [0.29, 0.717) is 11.1 Å². The van der Waals surface area contributed by atoms with Crippen LogP contribution >= 0.6 is 11.8 Å². The summed E-state index contributed by atoms with van der Waals surface area (Å²) in [6.07, 6.45) is 0. The van der Waals surface area contributed by atoms with Gasteiger partial charge in [-0.1, -0.05) is 78.9 Å². The fraction of sp³-hybridized carbons (Fsp3) is 0.0909. The molecule has 1 aliphatic rings. The van der Waals surface area contributed by atoms with E-state index in [2.05, 4.69) is 0 Å². The van der Waals surface area contributed by atoms with E-state index in [4.69, 9.17) is 0 Å². The topological polar surface area (TPSA) is 57.6 Å². The minimum absolute atomic E-state index is 0.402. The molecule has 0 aliphatic carbocycles. The van der Waals surface area contributed by atoms with E-state index in [1.54, 1.807) is 24.3 Å². The lowest BCUT2D eigenvalue weighted by Gasteiger charge is -2.51. The van der Waals surface area contributed by atoms with Gasteiger partial charge in [-0.15, -0.1) is 0 Å². The summed E-state index contributed by atoms with van der Waals surface area (Å²) in [6, 6.07) is 26.3. The average molecular weight is 375 g/mol. The molecule has 0 spiro atoms. The Labute approximate surface area is 161 Å². The SMILES string of the molecule is O=C(Sc1ccccc1)N1C(=O)[C@](O)(c2ccccc2)[C@@H]1c1ccccc1. The molecule has 4 nitrogen and oxygen atoms in total. The van der Waals surface area contributed by atoms with E-state index in [1.165, 1.54) is 0 Å². The van der Waals surface area contributed by atoms with E-state index >= 15 is 0 Å². The number of carbonyl (C=O) groups excluding carboxylic acids is 2. The van der Waals surface area contributed by atoms with Crippen LogP contribution < -0.4 is 0 Å². The van der Waals surface area contributed by atoms with E-state index in [0.717, 1.165) is 21.6 Å². The number of aliphatic hydroxyl groups is 1. The van der Waals surface area contributed by atoms with Crippen LogP contribution in [-0.2, 0) is 10.4 Å². The van der Waals surface area contributed by atoms with Gasteiger partial charge in [-0.2, -0.15) is 0 Å². The molecule has 0 bridgehead atoms. The van der Waals surface area contributed by atoms with Crippen molar-refractivity contribution in [1.82, 2.24) is 4.90 Å². The van der Waals surface area contributed by atoms with Crippen LogP contribution in [0.3, 0.4) is 0 Å². The fourth-order valence-electron chi connectivity index (χ4n) is 3.36. The molecule has 0 unspecified atom stereocenters. The molecule has 1 heterocycles. The average Bonchev–Trinajstić information content (AvgIpc) is 2.72. The summed E-state index contributed by atoms with van der Waals surface area (Å²) in [6.45, 7) is 0. The standard InChI is InChI=1S/C22H17NO3S/c24-20-22(26,17-12-6-2-7-13-17)19(16-10-4-1-5-11-16)23(20)21(25)27-18-14-8-3-9-15-18/h1-15,19,26H/t19-,22-/m0/s1. The monoisotopic (exact) mass is 375 g/mol. The van der Waals surface area contributed by atoms with Gasteiger partial charge in [0, 0.05) is 4.90 Å². The van der Waals surface area contributed by atoms with E-state index < -0.39 is 22.8 Å². The maximum atomic E-state index is 12.9. The molecule has 4 rings (SSSR count). The molecule has 1 aliphatic heterocycles. The third-order valence-electron chi connectivity index (χ3n) is 4.67. The third kappa shape index (κ3) is 2.95. The summed E-state index contributed by atoms with van der Waals surface area (Å²) >= 11 is 0.981. The molecule has 2 amide bonds. The van der Waals surface area contributed by atoms with Gasteiger partial charge in [0.2, 0.25) is 0 Å². The lowest BCUT2D eigenvalue weighted by atomic mass is 9.74. The van der Waals surface area contributed by atoms with Gasteiger partial charge in [-0.05, 0) is 35.0 Å². The van der Waals surface area contributed by atoms with Crippen molar-refractivity contribution in [1.29, 1.82) is 0 Å². The number of β-lactam (4-membered cyclic amide) rings is 1. The minimum atomic E-state index is -1.75. The summed E-state index contributed by atoms with van der Waals surface area (Å²) < 4.78 is 0. The van der Waals surface area contributed by atoms with Crippen molar-refractivity contribution in [2.75, 3.05) is 0 Å². The number of carbonyl (C=O) groups is 2. The fourth-order valence-corrected chi connectivity index (χ4v) is 4.15. The van der Waals surface area contributed by atoms with Gasteiger partial charge in [0.15, 0.2) is 5.60 Å². The zero-order valence-electron chi connectivity index (χ0n) is 14.4. The quantitative estimate of drug-likeness (QED) is 0.546. The molecule has 0 saturated carbocycles. The van der Waals surface area contributed by atoms with Crippen molar-refractivity contribution in [3.63, 3.8) is 0 Å². The van der Waals surface area contributed by atoms with Crippen LogP contribution in [-0.4, -0.2) is 21.2 Å². The van der Waals surface area contributed by atoms with Crippen molar-refractivity contribution >= 4 is 22.9 Å². The predicted molar refractivity (Wildman–Crippen MR) is 104 cm³/mol. The Balaban J connectivity index is 1.72. The number of hydrogen-bond acceptors (Lipinski definition) is 4. The second-order valence-corrected chi connectivity index (χ2v) is 7.33. The summed E-state index contributed by atoms with van der Waals surface area (Å²) in [4.78, 5) is 27.7. The molecular formula is C22H17NO3S. The van der Waals surface area contributed by atoms with Gasteiger partial charge in [0.25, 0.3) is 11.1 Å². The smallest absolute Gasteiger partial charge is 0.293 e. The molecule has 0 aromatic heterocycles. The van der Waals surface area contributed by atoms with Crippen molar-refractivity contribution in [2.45, 2.75) is 16.5 Å². The van der Waals surface area contributed by atoms with Gasteiger partial charge < -0.3 is 5.11 Å². The van der Waals surface area contributed by atoms with Crippen LogP contribution in [0.25, 0.3) is 0 Å². The van der Waals surface area contributed by atoms with E-state index in [-0.39, 0.29) is 0 Å². The normalized spacial score (nSPS) is 21.6. The third-order valence-corrected chi connectivity index (χ3v) is 5.55. The Morgan fingerprint density at radius 1 is 0.852 bits per heavy atom. The van der Waals surface area contributed by atoms with Crippen molar-refractivity contribution in [2.24, 2.45) is 0 Å². The van der Waals surface area contributed by atoms with Crippen LogP contribution in [0.4, 0.5) is 4.79 Å². The summed E-state index contributed by atoms with van der Waals surface area (Å²) in [5, 5.41) is 10.9. The molecule has 1 saturated heterocycles. The number of amides is 2. The molecule has 3 aromatic rings. The Kier molecular flexibility index (Phi) is 4.56. The molecule has 1 fully saturated rings. The highest BCUT2D eigenvalue weighted by atomic mass is 32.2. The number of hydrogen-bond donors (Lipinski definition) is 1. The van der Waals surface area contributed by atoms with Gasteiger partial charge in [-0.3, -0.25) is 14.5 Å². The zero-order chi connectivity index (χ0) is 18.9. The van der Waals surface area contributed by atoms with E-state index in [1.807, 2.05) is 66.7 Å². The highest BCUT2D eigenvalue weighted by Crippen LogP contribution is 2.51. The van der Waals surface area contributed by atoms with Crippen molar-refractivity contribution in [3.05, 3.63) is 102 Å². The highest BCUT2D eigenvalue weighted by Gasteiger charge is 2.63. The maximum absolute atomic E-state index is 12.9. The van der Waals surface area contributed by atoms with Gasteiger partial charge in [-0.25, -0.2) is 0 Å². The van der Waals surface area contributed by atoms with Crippen molar-refractivity contribution < 1.29 is 14.7 Å². The number of rotatable bonds is 3. The first-order valence-electron chi connectivity index (χ1n) is 8.55. The summed E-state index contributed by atoms with van der Waals surface area (Å²) in [5.41, 5.74) is -0.557. The van der Waals surface area contributed by atoms with Crippen LogP contribution in [0.15, 0.2) is 95.9 Å². The van der Waals surface area contributed by atoms with Crippen LogP contribution in [0, 0.1) is 0 Å². The Morgan fingerprint density at radius 3 is 1.96 bits per heavy atom. The largest absolute Gasteiger partial charge is 0.373 e. The lowest BCUT2D eigenvalue weighted by molar-refractivity contribution is -0.185. The first-order chi connectivity index (χ1) is 13.1. The van der Waals surface area contributed by atoms with Gasteiger partial charge in [0.1, 0.15) is 6.04 Å². The lowest BCUT2D eigenvalue weighted by Crippen LogP contribution is -2.67. The Hall–Kier alpha value is -2.89.